The van der Waals surface area contributed by atoms with Crippen molar-refractivity contribution >= 4 is 30.7 Å². The Kier molecular flexibility index (Phi) is 7.66. The molecule has 0 radical (unpaired) electrons. The lowest BCUT2D eigenvalue weighted by molar-refractivity contribution is -0.138. The summed E-state index contributed by atoms with van der Waals surface area (Å²) in [6.07, 6.45) is 11.8. The van der Waals surface area contributed by atoms with Crippen LogP contribution < -0.4 is 5.73 Å². The van der Waals surface area contributed by atoms with Crippen LogP contribution in [0.15, 0.2) is 18.7 Å². The van der Waals surface area contributed by atoms with E-state index in [1.54, 1.807) is 0 Å². The van der Waals surface area contributed by atoms with Crippen molar-refractivity contribution in [2.75, 3.05) is 13.1 Å². The number of hydrogen-bond acceptors (Lipinski definition) is 3. The maximum Gasteiger partial charge on any atom is 0.225 e. The molecule has 1 amide bonds. The lowest BCUT2D eigenvalue weighted by Crippen LogP contribution is -2.44. The van der Waals surface area contributed by atoms with Crippen molar-refractivity contribution < 1.29 is 4.79 Å². The van der Waals surface area contributed by atoms with Gasteiger partial charge < -0.3 is 15.2 Å². The van der Waals surface area contributed by atoms with Crippen LogP contribution in [-0.2, 0) is 4.79 Å². The summed E-state index contributed by atoms with van der Waals surface area (Å²) in [7, 11) is 0. The highest BCUT2D eigenvalue weighted by Crippen LogP contribution is 2.28. The van der Waals surface area contributed by atoms with Crippen molar-refractivity contribution in [1.82, 2.24) is 14.5 Å². The third-order valence-electron chi connectivity index (χ3n) is 4.79. The largest absolute Gasteiger partial charge is 0.342 e. The van der Waals surface area contributed by atoms with E-state index in [4.69, 9.17) is 5.73 Å². The first-order valence-corrected chi connectivity index (χ1v) is 7.76. The topological polar surface area (TPSA) is 64.2 Å². The molecular weight excluding hydrogens is 323 g/mol. The molecule has 126 valence electrons. The minimum atomic E-state index is 0. The van der Waals surface area contributed by atoms with E-state index in [1.165, 1.54) is 0 Å². The van der Waals surface area contributed by atoms with Gasteiger partial charge in [0.2, 0.25) is 5.91 Å². The Balaban J connectivity index is 0.00000121. The van der Waals surface area contributed by atoms with Crippen molar-refractivity contribution in [3.63, 3.8) is 0 Å². The highest BCUT2D eigenvalue weighted by atomic mass is 35.5. The lowest BCUT2D eigenvalue weighted by atomic mass is 9.85. The van der Waals surface area contributed by atoms with Gasteiger partial charge in [-0.15, -0.1) is 24.8 Å². The molecule has 3 rings (SSSR count). The standard InChI is InChI=1S/C15H24N4O.2ClH/c16-13-3-1-2-12(10-13)15(20)18-7-4-14(5-8-18)19-9-6-17-11-19;;/h6,9,11-14H,1-5,7-8,10,16H2;2*1H. The summed E-state index contributed by atoms with van der Waals surface area (Å²) in [5, 5.41) is 0. The first-order valence-electron chi connectivity index (χ1n) is 7.76. The Labute approximate surface area is 144 Å². The second-order valence-electron chi connectivity index (χ2n) is 6.19. The van der Waals surface area contributed by atoms with Gasteiger partial charge in [-0.25, -0.2) is 4.98 Å². The molecule has 0 aromatic carbocycles. The quantitative estimate of drug-likeness (QED) is 0.892. The van der Waals surface area contributed by atoms with E-state index in [0.29, 0.717) is 11.9 Å². The number of nitrogens with zero attached hydrogens (tertiary/aromatic N) is 3. The molecule has 2 aliphatic rings. The van der Waals surface area contributed by atoms with Gasteiger partial charge >= 0.3 is 0 Å². The summed E-state index contributed by atoms with van der Waals surface area (Å²) in [5.41, 5.74) is 6.00. The van der Waals surface area contributed by atoms with Crippen LogP contribution in [0.5, 0.6) is 0 Å². The SMILES string of the molecule is Cl.Cl.NC1CCCC(C(=O)N2CCC(n3ccnc3)CC2)C1. The van der Waals surface area contributed by atoms with Crippen molar-refractivity contribution in [2.24, 2.45) is 11.7 Å². The fraction of sp³-hybridized carbons (Fsp3) is 0.733. The molecule has 1 saturated carbocycles. The summed E-state index contributed by atoms with van der Waals surface area (Å²) in [4.78, 5) is 18.7. The van der Waals surface area contributed by atoms with Gasteiger partial charge in [-0.3, -0.25) is 4.79 Å². The summed E-state index contributed by atoms with van der Waals surface area (Å²) >= 11 is 0. The molecule has 0 spiro atoms. The zero-order valence-corrected chi connectivity index (χ0v) is 14.4. The van der Waals surface area contributed by atoms with Gasteiger partial charge in [-0.05, 0) is 32.1 Å². The second-order valence-corrected chi connectivity index (χ2v) is 6.19. The van der Waals surface area contributed by atoms with E-state index in [-0.39, 0.29) is 36.8 Å². The Morgan fingerprint density at radius 1 is 1.14 bits per heavy atom. The Bertz CT molecular complexity index is 446. The summed E-state index contributed by atoms with van der Waals surface area (Å²) in [5.74, 6) is 0.507. The van der Waals surface area contributed by atoms with Crippen LogP contribution in [0.4, 0.5) is 0 Å². The average molecular weight is 349 g/mol. The predicted octanol–water partition coefficient (Wildman–Crippen LogP) is 2.41. The molecule has 22 heavy (non-hydrogen) atoms. The van der Waals surface area contributed by atoms with E-state index in [9.17, 15) is 4.79 Å². The number of likely N-dealkylation sites (tertiary alicyclic amines) is 1. The number of rotatable bonds is 2. The Hall–Kier alpha value is -0.780. The molecule has 2 atom stereocenters. The Morgan fingerprint density at radius 2 is 1.86 bits per heavy atom. The van der Waals surface area contributed by atoms with Crippen LogP contribution in [0.2, 0.25) is 0 Å². The third-order valence-corrected chi connectivity index (χ3v) is 4.79. The molecule has 1 saturated heterocycles. The number of halogens is 2. The minimum absolute atomic E-state index is 0. The molecule has 0 bridgehead atoms. The molecule has 2 heterocycles. The summed E-state index contributed by atoms with van der Waals surface area (Å²) in [6.45, 7) is 1.74. The van der Waals surface area contributed by atoms with Crippen molar-refractivity contribution in [3.8, 4) is 0 Å². The van der Waals surface area contributed by atoms with Gasteiger partial charge in [0.15, 0.2) is 0 Å². The number of hydrogen-bond donors (Lipinski definition) is 1. The molecule has 7 heteroatoms. The molecule has 1 aliphatic heterocycles. The number of amides is 1. The van der Waals surface area contributed by atoms with Gasteiger partial charge in [0.25, 0.3) is 0 Å². The summed E-state index contributed by atoms with van der Waals surface area (Å²) < 4.78 is 2.17. The minimum Gasteiger partial charge on any atom is -0.342 e. The summed E-state index contributed by atoms with van der Waals surface area (Å²) in [6, 6.07) is 0.719. The van der Waals surface area contributed by atoms with Gasteiger partial charge in [0, 0.05) is 43.5 Å². The van der Waals surface area contributed by atoms with Gasteiger partial charge in [-0.1, -0.05) is 6.42 Å². The van der Waals surface area contributed by atoms with Crippen molar-refractivity contribution in [3.05, 3.63) is 18.7 Å². The van der Waals surface area contributed by atoms with Gasteiger partial charge in [-0.2, -0.15) is 0 Å². The molecule has 2 unspecified atom stereocenters. The van der Waals surface area contributed by atoms with Crippen LogP contribution in [0.1, 0.15) is 44.6 Å². The number of piperidine rings is 1. The first-order chi connectivity index (χ1) is 9.74. The molecular formula is C15H26Cl2N4O. The van der Waals surface area contributed by atoms with Gasteiger partial charge in [0.05, 0.1) is 6.33 Å². The van der Waals surface area contributed by atoms with E-state index in [1.807, 2.05) is 18.7 Å². The monoisotopic (exact) mass is 348 g/mol. The van der Waals surface area contributed by atoms with Crippen LogP contribution in [-0.4, -0.2) is 39.5 Å². The maximum atomic E-state index is 12.5. The lowest BCUT2D eigenvalue weighted by Gasteiger charge is -2.36. The van der Waals surface area contributed by atoms with Crippen LogP contribution in [0.3, 0.4) is 0 Å². The zero-order chi connectivity index (χ0) is 13.9. The number of aromatic nitrogens is 2. The molecule has 1 aromatic heterocycles. The fourth-order valence-electron chi connectivity index (χ4n) is 3.58. The molecule has 1 aromatic rings. The first kappa shape index (κ1) is 19.3. The van der Waals surface area contributed by atoms with E-state index in [0.717, 1.165) is 51.6 Å². The smallest absolute Gasteiger partial charge is 0.225 e. The zero-order valence-electron chi connectivity index (χ0n) is 12.8. The number of carbonyl (C=O) groups excluding carboxylic acids is 1. The van der Waals surface area contributed by atoms with Gasteiger partial charge in [0.1, 0.15) is 0 Å². The normalized spacial score (nSPS) is 26.0. The van der Waals surface area contributed by atoms with E-state index < -0.39 is 0 Å². The molecule has 2 N–H and O–H groups in total. The highest BCUT2D eigenvalue weighted by Gasteiger charge is 2.31. The van der Waals surface area contributed by atoms with E-state index >= 15 is 0 Å². The van der Waals surface area contributed by atoms with Crippen molar-refractivity contribution in [2.45, 2.75) is 50.6 Å². The average Bonchev–Trinajstić information content (AvgIpc) is 3.01. The molecule has 2 fully saturated rings. The fourth-order valence-corrected chi connectivity index (χ4v) is 3.58. The van der Waals surface area contributed by atoms with Crippen LogP contribution in [0.25, 0.3) is 0 Å². The second kappa shape index (κ2) is 8.75. The third kappa shape index (κ3) is 4.37. The number of carbonyl (C=O) groups is 1. The highest BCUT2D eigenvalue weighted by molar-refractivity contribution is 5.85. The molecule has 1 aliphatic carbocycles. The Morgan fingerprint density at radius 3 is 2.45 bits per heavy atom. The van der Waals surface area contributed by atoms with Crippen LogP contribution in [0, 0.1) is 5.92 Å². The maximum absolute atomic E-state index is 12.5. The van der Waals surface area contributed by atoms with Crippen molar-refractivity contribution in [1.29, 1.82) is 0 Å². The number of nitrogens with two attached hydrogens (primary N) is 1. The van der Waals surface area contributed by atoms with Crippen LogP contribution >= 0.6 is 24.8 Å². The predicted molar refractivity (Wildman–Crippen MR) is 91.5 cm³/mol. The van der Waals surface area contributed by atoms with E-state index in [2.05, 4.69) is 14.5 Å². The molecule has 5 nitrogen and oxygen atoms in total. The number of imidazole rings is 1.